The standard InChI is InChI=1S/C23H33FN6O4S/c1-16-4-5-17(18(24)14-16)15-34-21-19(20(25)32)22(35-28-21)27-23(33)26-6-2-3-7-29-8-10-30(11-9-29)12-13-31/h4-5,14,31H,2-3,6-13,15H2,1H3,(H2,25,32)(H2,26,27,33). The number of halogens is 1. The van der Waals surface area contributed by atoms with E-state index in [4.69, 9.17) is 15.6 Å². The van der Waals surface area contributed by atoms with Crippen molar-refractivity contribution < 1.29 is 23.8 Å². The number of amides is 3. The highest BCUT2D eigenvalue weighted by atomic mass is 32.1. The fraction of sp³-hybridized carbons (Fsp3) is 0.522. The van der Waals surface area contributed by atoms with Gasteiger partial charge in [-0.3, -0.25) is 15.0 Å². The summed E-state index contributed by atoms with van der Waals surface area (Å²) in [5.41, 5.74) is 6.53. The van der Waals surface area contributed by atoms with Crippen LogP contribution in [0.3, 0.4) is 0 Å². The van der Waals surface area contributed by atoms with E-state index >= 15 is 0 Å². The van der Waals surface area contributed by atoms with Gasteiger partial charge in [-0.05, 0) is 49.5 Å². The summed E-state index contributed by atoms with van der Waals surface area (Å²) >= 11 is 0.873. The SMILES string of the molecule is Cc1ccc(COc2nsc(NC(=O)NCCCCN3CCN(CCO)CC3)c2C(N)=O)c(F)c1. The first-order valence-electron chi connectivity index (χ1n) is 11.6. The zero-order valence-electron chi connectivity index (χ0n) is 19.9. The molecule has 35 heavy (non-hydrogen) atoms. The molecule has 0 saturated carbocycles. The number of β-amino-alcohol motifs (C(OH)–C–C–N with tert-alkyl or cyclic N) is 1. The highest BCUT2D eigenvalue weighted by Crippen LogP contribution is 2.31. The lowest BCUT2D eigenvalue weighted by Gasteiger charge is -2.34. The van der Waals surface area contributed by atoms with Gasteiger partial charge in [0.25, 0.3) is 5.91 Å². The molecule has 1 fully saturated rings. The van der Waals surface area contributed by atoms with Gasteiger partial charge in [0.2, 0.25) is 5.88 Å². The molecule has 3 rings (SSSR count). The number of primary amides is 1. The largest absolute Gasteiger partial charge is 0.471 e. The van der Waals surface area contributed by atoms with Gasteiger partial charge >= 0.3 is 6.03 Å². The van der Waals surface area contributed by atoms with E-state index in [1.165, 1.54) is 6.07 Å². The van der Waals surface area contributed by atoms with Crippen molar-refractivity contribution >= 4 is 28.5 Å². The maximum Gasteiger partial charge on any atom is 0.319 e. The van der Waals surface area contributed by atoms with E-state index in [1.54, 1.807) is 19.1 Å². The Balaban J connectivity index is 1.41. The number of urea groups is 1. The van der Waals surface area contributed by atoms with Crippen LogP contribution in [0, 0.1) is 12.7 Å². The van der Waals surface area contributed by atoms with Crippen LogP contribution >= 0.6 is 11.5 Å². The summed E-state index contributed by atoms with van der Waals surface area (Å²) < 4.78 is 23.6. The number of aliphatic hydroxyl groups excluding tert-OH is 1. The van der Waals surface area contributed by atoms with Crippen molar-refractivity contribution in [1.82, 2.24) is 19.5 Å². The number of aromatic nitrogens is 1. The molecule has 1 aromatic heterocycles. The fourth-order valence-corrected chi connectivity index (χ4v) is 4.52. The summed E-state index contributed by atoms with van der Waals surface area (Å²) in [7, 11) is 0. The summed E-state index contributed by atoms with van der Waals surface area (Å²) in [5, 5.41) is 14.6. The number of nitrogens with two attached hydrogens (primary N) is 1. The van der Waals surface area contributed by atoms with Crippen LogP contribution in [0.4, 0.5) is 14.2 Å². The Morgan fingerprint density at radius 3 is 2.57 bits per heavy atom. The van der Waals surface area contributed by atoms with Crippen LogP contribution in [0.15, 0.2) is 18.2 Å². The number of ether oxygens (including phenoxy) is 1. The van der Waals surface area contributed by atoms with E-state index in [-0.39, 0.29) is 29.7 Å². The van der Waals surface area contributed by atoms with Crippen molar-refractivity contribution in [2.24, 2.45) is 5.73 Å². The highest BCUT2D eigenvalue weighted by molar-refractivity contribution is 7.11. The molecular weight excluding hydrogens is 475 g/mol. The second kappa shape index (κ2) is 13.3. The second-order valence-electron chi connectivity index (χ2n) is 8.43. The molecule has 2 heterocycles. The van der Waals surface area contributed by atoms with Crippen LogP contribution in [0.25, 0.3) is 0 Å². The molecule has 2 aromatic rings. The van der Waals surface area contributed by atoms with Crippen molar-refractivity contribution in [3.05, 3.63) is 40.7 Å². The van der Waals surface area contributed by atoms with E-state index < -0.39 is 17.8 Å². The minimum atomic E-state index is -0.799. The van der Waals surface area contributed by atoms with Gasteiger partial charge in [-0.2, -0.15) is 4.37 Å². The quantitative estimate of drug-likeness (QED) is 0.321. The van der Waals surface area contributed by atoms with Gasteiger partial charge in [0.05, 0.1) is 6.61 Å². The Labute approximate surface area is 208 Å². The van der Waals surface area contributed by atoms with E-state index in [1.807, 2.05) is 0 Å². The number of benzene rings is 1. The molecule has 10 nitrogen and oxygen atoms in total. The van der Waals surface area contributed by atoms with Gasteiger partial charge < -0.3 is 25.8 Å². The van der Waals surface area contributed by atoms with E-state index in [2.05, 4.69) is 24.8 Å². The molecule has 0 radical (unpaired) electrons. The minimum absolute atomic E-state index is 0.0435. The zero-order valence-corrected chi connectivity index (χ0v) is 20.7. The molecular formula is C23H33FN6O4S. The van der Waals surface area contributed by atoms with Crippen molar-refractivity contribution in [3.8, 4) is 5.88 Å². The summed E-state index contributed by atoms with van der Waals surface area (Å²) in [6.07, 6.45) is 1.76. The van der Waals surface area contributed by atoms with Crippen LogP contribution in [0.5, 0.6) is 5.88 Å². The number of aryl methyl sites for hydroxylation is 1. The molecule has 0 spiro atoms. The molecule has 0 bridgehead atoms. The van der Waals surface area contributed by atoms with E-state index in [0.717, 1.165) is 69.2 Å². The van der Waals surface area contributed by atoms with Gasteiger partial charge in [-0.1, -0.05) is 12.1 Å². The van der Waals surface area contributed by atoms with E-state index in [0.29, 0.717) is 12.1 Å². The number of hydrogen-bond acceptors (Lipinski definition) is 8. The fourth-order valence-electron chi connectivity index (χ4n) is 3.78. The Bertz CT molecular complexity index is 996. The predicted molar refractivity (Wildman–Crippen MR) is 132 cm³/mol. The van der Waals surface area contributed by atoms with Gasteiger partial charge in [0.1, 0.15) is 23.0 Å². The number of nitrogens with zero attached hydrogens (tertiary/aromatic N) is 3. The number of carbonyl (C=O) groups excluding carboxylic acids is 2. The first kappa shape index (κ1) is 26.8. The lowest BCUT2D eigenvalue weighted by Crippen LogP contribution is -2.47. The van der Waals surface area contributed by atoms with Crippen molar-refractivity contribution in [1.29, 1.82) is 0 Å². The molecule has 192 valence electrons. The third kappa shape index (κ3) is 8.13. The van der Waals surface area contributed by atoms with Gasteiger partial charge in [-0.15, -0.1) is 0 Å². The summed E-state index contributed by atoms with van der Waals surface area (Å²) in [6, 6.07) is 4.29. The second-order valence-corrected chi connectivity index (χ2v) is 9.21. The summed E-state index contributed by atoms with van der Waals surface area (Å²) in [6.45, 7) is 7.90. The molecule has 3 amide bonds. The molecule has 1 aliphatic rings. The average molecular weight is 509 g/mol. The number of aliphatic hydroxyl groups is 1. The molecule has 0 aliphatic carbocycles. The molecule has 1 aromatic carbocycles. The number of piperazine rings is 1. The number of carbonyl (C=O) groups is 2. The summed E-state index contributed by atoms with van der Waals surface area (Å²) in [4.78, 5) is 28.9. The Kier molecular flexibility index (Phi) is 10.2. The van der Waals surface area contributed by atoms with Crippen molar-refractivity contribution in [3.63, 3.8) is 0 Å². The van der Waals surface area contributed by atoms with Crippen LogP contribution < -0.4 is 21.1 Å². The third-order valence-corrected chi connectivity index (χ3v) is 6.52. The van der Waals surface area contributed by atoms with Crippen molar-refractivity contribution in [2.45, 2.75) is 26.4 Å². The topological polar surface area (TPSA) is 133 Å². The minimum Gasteiger partial charge on any atom is -0.471 e. The maximum absolute atomic E-state index is 14.0. The number of unbranched alkanes of at least 4 members (excludes halogenated alkanes) is 1. The van der Waals surface area contributed by atoms with Crippen LogP contribution in [0.1, 0.15) is 34.3 Å². The summed E-state index contributed by atoms with van der Waals surface area (Å²) in [5.74, 6) is -1.26. The molecule has 1 aliphatic heterocycles. The maximum atomic E-state index is 14.0. The van der Waals surface area contributed by atoms with Gasteiger partial charge in [0.15, 0.2) is 0 Å². The number of rotatable bonds is 12. The van der Waals surface area contributed by atoms with Gasteiger partial charge in [0, 0.05) is 44.8 Å². The lowest BCUT2D eigenvalue weighted by molar-refractivity contribution is 0.0996. The number of anilines is 1. The Morgan fingerprint density at radius 1 is 1.20 bits per heavy atom. The number of hydrogen-bond donors (Lipinski definition) is 4. The normalized spacial score (nSPS) is 14.6. The molecule has 12 heteroatoms. The predicted octanol–water partition coefficient (Wildman–Crippen LogP) is 1.78. The monoisotopic (exact) mass is 508 g/mol. The Hall–Kier alpha value is -2.80. The molecule has 0 atom stereocenters. The lowest BCUT2D eigenvalue weighted by atomic mass is 10.1. The van der Waals surface area contributed by atoms with Crippen LogP contribution in [-0.4, -0.2) is 83.6 Å². The first-order chi connectivity index (χ1) is 16.9. The zero-order chi connectivity index (χ0) is 25.2. The van der Waals surface area contributed by atoms with Gasteiger partial charge in [-0.25, -0.2) is 9.18 Å². The number of nitrogens with one attached hydrogen (secondary N) is 2. The molecule has 1 saturated heterocycles. The molecule has 0 unspecified atom stereocenters. The molecule has 5 N–H and O–H groups in total. The van der Waals surface area contributed by atoms with Crippen molar-refractivity contribution in [2.75, 3.05) is 57.7 Å². The Morgan fingerprint density at radius 2 is 1.91 bits per heavy atom. The highest BCUT2D eigenvalue weighted by Gasteiger charge is 2.22. The van der Waals surface area contributed by atoms with E-state index in [9.17, 15) is 14.0 Å². The average Bonchev–Trinajstić information content (AvgIpc) is 3.22. The van der Waals surface area contributed by atoms with Crippen LogP contribution in [-0.2, 0) is 6.61 Å². The van der Waals surface area contributed by atoms with Crippen LogP contribution in [0.2, 0.25) is 0 Å². The third-order valence-electron chi connectivity index (χ3n) is 5.78. The smallest absolute Gasteiger partial charge is 0.319 e. The first-order valence-corrected chi connectivity index (χ1v) is 12.4.